The van der Waals surface area contributed by atoms with Gasteiger partial charge in [-0.2, -0.15) is 0 Å². The fourth-order valence-electron chi connectivity index (χ4n) is 1.54. The molecule has 0 saturated carbocycles. The third kappa shape index (κ3) is 1.64. The van der Waals surface area contributed by atoms with E-state index in [1.54, 1.807) is 13.0 Å². The topological polar surface area (TPSA) is 30.0 Å². The van der Waals surface area contributed by atoms with Gasteiger partial charge in [0.25, 0.3) is 0 Å². The molecule has 2 heteroatoms. The summed E-state index contributed by atoms with van der Waals surface area (Å²) in [4.78, 5) is 15.1. The number of carbonyl (C=O) groups is 1. The SMILES string of the molecule is CC(=O)Cc1cccc2n[c]ccc12. The number of pyridine rings is 1. The average molecular weight is 184 g/mol. The predicted molar refractivity (Wildman–Crippen MR) is 55.0 cm³/mol. The summed E-state index contributed by atoms with van der Waals surface area (Å²) in [7, 11) is 0. The van der Waals surface area contributed by atoms with Gasteiger partial charge < -0.3 is 0 Å². The smallest absolute Gasteiger partial charge is 0.134 e. The van der Waals surface area contributed by atoms with Crippen molar-refractivity contribution in [2.75, 3.05) is 0 Å². The van der Waals surface area contributed by atoms with Crippen molar-refractivity contribution in [2.24, 2.45) is 0 Å². The molecule has 0 amide bonds. The molecule has 0 fully saturated rings. The molecule has 1 aromatic heterocycles. The summed E-state index contributed by atoms with van der Waals surface area (Å²) in [5.41, 5.74) is 1.93. The highest BCUT2D eigenvalue weighted by Crippen LogP contribution is 2.16. The first-order valence-electron chi connectivity index (χ1n) is 4.51. The van der Waals surface area contributed by atoms with E-state index in [9.17, 15) is 4.79 Å². The lowest BCUT2D eigenvalue weighted by Gasteiger charge is -2.02. The number of hydrogen-bond donors (Lipinski definition) is 0. The standard InChI is InChI=1S/C12H10NO/c1-9(14)8-10-4-2-6-12-11(10)5-3-7-13-12/h2-6H,8H2,1H3. The molecular weight excluding hydrogens is 174 g/mol. The van der Waals surface area contributed by atoms with Gasteiger partial charge in [0.1, 0.15) is 5.78 Å². The average Bonchev–Trinajstić information content (AvgIpc) is 2.18. The molecule has 69 valence electrons. The van der Waals surface area contributed by atoms with Crippen molar-refractivity contribution >= 4 is 16.7 Å². The minimum Gasteiger partial charge on any atom is -0.300 e. The molecule has 14 heavy (non-hydrogen) atoms. The van der Waals surface area contributed by atoms with Crippen LogP contribution in [0.2, 0.25) is 0 Å². The van der Waals surface area contributed by atoms with Crippen molar-refractivity contribution in [3.63, 3.8) is 0 Å². The van der Waals surface area contributed by atoms with E-state index in [0.29, 0.717) is 6.42 Å². The van der Waals surface area contributed by atoms with Crippen LogP contribution in [-0.2, 0) is 11.2 Å². The molecular formula is C12H10NO. The van der Waals surface area contributed by atoms with E-state index in [1.165, 1.54) is 0 Å². The molecule has 0 aliphatic carbocycles. The third-order valence-corrected chi connectivity index (χ3v) is 2.12. The lowest BCUT2D eigenvalue weighted by molar-refractivity contribution is -0.116. The molecule has 0 saturated heterocycles. The summed E-state index contributed by atoms with van der Waals surface area (Å²) < 4.78 is 0. The maximum atomic E-state index is 11.0. The summed E-state index contributed by atoms with van der Waals surface area (Å²) in [5.74, 6) is 0.172. The van der Waals surface area contributed by atoms with Crippen LogP contribution >= 0.6 is 0 Å². The molecule has 0 unspecified atom stereocenters. The normalized spacial score (nSPS) is 10.4. The van der Waals surface area contributed by atoms with Gasteiger partial charge in [0.05, 0.1) is 11.7 Å². The maximum Gasteiger partial charge on any atom is 0.134 e. The van der Waals surface area contributed by atoms with Crippen LogP contribution in [0.15, 0.2) is 30.3 Å². The largest absolute Gasteiger partial charge is 0.300 e. The zero-order chi connectivity index (χ0) is 9.97. The van der Waals surface area contributed by atoms with Gasteiger partial charge in [-0.15, -0.1) is 0 Å². The first-order chi connectivity index (χ1) is 6.77. The van der Waals surface area contributed by atoms with Crippen molar-refractivity contribution in [3.05, 3.63) is 42.1 Å². The lowest BCUT2D eigenvalue weighted by atomic mass is 10.0. The maximum absolute atomic E-state index is 11.0. The number of Topliss-reactive ketones (excluding diaryl/α,β-unsaturated/α-hetero) is 1. The highest BCUT2D eigenvalue weighted by molar-refractivity contribution is 5.87. The van der Waals surface area contributed by atoms with Gasteiger partial charge in [0.15, 0.2) is 0 Å². The summed E-state index contributed by atoms with van der Waals surface area (Å²) >= 11 is 0. The first kappa shape index (κ1) is 8.88. The molecule has 0 aliphatic heterocycles. The number of nitrogens with zero attached hydrogens (tertiary/aromatic N) is 1. The Morgan fingerprint density at radius 2 is 2.29 bits per heavy atom. The molecule has 1 aromatic carbocycles. The van der Waals surface area contributed by atoms with Crippen molar-refractivity contribution < 1.29 is 4.79 Å². The number of benzene rings is 1. The van der Waals surface area contributed by atoms with Crippen LogP contribution in [0.3, 0.4) is 0 Å². The van der Waals surface area contributed by atoms with Gasteiger partial charge in [-0.05, 0) is 24.6 Å². The monoisotopic (exact) mass is 184 g/mol. The zero-order valence-corrected chi connectivity index (χ0v) is 7.95. The van der Waals surface area contributed by atoms with E-state index < -0.39 is 0 Å². The van der Waals surface area contributed by atoms with Gasteiger partial charge in [-0.1, -0.05) is 18.2 Å². The highest BCUT2D eigenvalue weighted by atomic mass is 16.1. The minimum atomic E-state index is 0.172. The van der Waals surface area contributed by atoms with Gasteiger partial charge in [0.2, 0.25) is 0 Å². The lowest BCUT2D eigenvalue weighted by Crippen LogP contribution is -1.97. The number of carbonyl (C=O) groups excluding carboxylic acids is 1. The second kappa shape index (κ2) is 3.58. The first-order valence-corrected chi connectivity index (χ1v) is 4.51. The molecule has 0 atom stereocenters. The van der Waals surface area contributed by atoms with E-state index in [2.05, 4.69) is 11.2 Å². The number of fused-ring (bicyclic) bond motifs is 1. The van der Waals surface area contributed by atoms with Crippen molar-refractivity contribution in [2.45, 2.75) is 13.3 Å². The zero-order valence-electron chi connectivity index (χ0n) is 7.95. The Morgan fingerprint density at radius 1 is 1.43 bits per heavy atom. The van der Waals surface area contributed by atoms with Crippen molar-refractivity contribution in [1.29, 1.82) is 0 Å². The van der Waals surface area contributed by atoms with Crippen LogP contribution in [0.25, 0.3) is 10.9 Å². The van der Waals surface area contributed by atoms with E-state index in [0.717, 1.165) is 16.5 Å². The Hall–Kier alpha value is -1.70. The van der Waals surface area contributed by atoms with E-state index in [-0.39, 0.29) is 5.78 Å². The summed E-state index contributed by atoms with van der Waals surface area (Å²) in [6.07, 6.45) is 3.26. The molecule has 2 nitrogen and oxygen atoms in total. The van der Waals surface area contributed by atoms with Gasteiger partial charge in [0, 0.05) is 11.8 Å². The van der Waals surface area contributed by atoms with Crippen LogP contribution in [0, 0.1) is 6.20 Å². The van der Waals surface area contributed by atoms with Crippen molar-refractivity contribution in [1.82, 2.24) is 4.98 Å². The second-order valence-corrected chi connectivity index (χ2v) is 3.30. The number of ketones is 1. The quantitative estimate of drug-likeness (QED) is 0.716. The van der Waals surface area contributed by atoms with Crippen molar-refractivity contribution in [3.8, 4) is 0 Å². The third-order valence-electron chi connectivity index (χ3n) is 2.12. The number of aromatic nitrogens is 1. The highest BCUT2D eigenvalue weighted by Gasteiger charge is 2.02. The fraction of sp³-hybridized carbons (Fsp3) is 0.167. The van der Waals surface area contributed by atoms with Crippen LogP contribution in [0.1, 0.15) is 12.5 Å². The van der Waals surface area contributed by atoms with E-state index in [1.807, 2.05) is 24.3 Å². The minimum absolute atomic E-state index is 0.172. The molecule has 0 N–H and O–H groups in total. The number of hydrogen-bond acceptors (Lipinski definition) is 2. The Morgan fingerprint density at radius 3 is 3.07 bits per heavy atom. The predicted octanol–water partition coefficient (Wildman–Crippen LogP) is 2.17. The molecule has 2 rings (SSSR count). The van der Waals surface area contributed by atoms with E-state index in [4.69, 9.17) is 0 Å². The Labute approximate surface area is 82.6 Å². The number of rotatable bonds is 2. The molecule has 1 radical (unpaired) electrons. The van der Waals surface area contributed by atoms with Gasteiger partial charge in [-0.25, -0.2) is 4.98 Å². The molecule has 0 spiro atoms. The summed E-state index contributed by atoms with van der Waals surface area (Å²) in [6, 6.07) is 9.52. The summed E-state index contributed by atoms with van der Waals surface area (Å²) in [6.45, 7) is 1.60. The van der Waals surface area contributed by atoms with Crippen LogP contribution in [0.5, 0.6) is 0 Å². The Bertz CT molecular complexity index is 471. The molecule has 0 bridgehead atoms. The fourth-order valence-corrected chi connectivity index (χ4v) is 1.54. The molecule has 0 aliphatic rings. The van der Waals surface area contributed by atoms with Crippen LogP contribution in [-0.4, -0.2) is 10.8 Å². The van der Waals surface area contributed by atoms with Crippen LogP contribution < -0.4 is 0 Å². The Kier molecular flexibility index (Phi) is 2.27. The van der Waals surface area contributed by atoms with Gasteiger partial charge >= 0.3 is 0 Å². The van der Waals surface area contributed by atoms with Crippen LogP contribution in [0.4, 0.5) is 0 Å². The Balaban J connectivity index is 2.59. The molecule has 2 aromatic rings. The summed E-state index contributed by atoms with van der Waals surface area (Å²) in [5, 5.41) is 1.04. The van der Waals surface area contributed by atoms with Gasteiger partial charge in [-0.3, -0.25) is 4.79 Å². The van der Waals surface area contributed by atoms with E-state index >= 15 is 0 Å². The second-order valence-electron chi connectivity index (χ2n) is 3.30. The molecule has 1 heterocycles.